The molecule has 0 spiro atoms. The smallest absolute Gasteiger partial charge is 0.271 e. The molecule has 0 bridgehead atoms. The first kappa shape index (κ1) is 13.5. The third kappa shape index (κ3) is 3.17. The quantitative estimate of drug-likeness (QED) is 0.798. The molecule has 4 heteroatoms. The Labute approximate surface area is 127 Å². The van der Waals surface area contributed by atoms with Crippen molar-refractivity contribution in [1.29, 1.82) is 0 Å². The molecule has 1 heterocycles. The molecule has 0 radical (unpaired) electrons. The Hall–Kier alpha value is -2.46. The summed E-state index contributed by atoms with van der Waals surface area (Å²) in [5.74, 6) is -0.158. The molecule has 21 heavy (non-hydrogen) atoms. The first-order valence-corrected chi connectivity index (χ1v) is 7.58. The van der Waals surface area contributed by atoms with Crippen molar-refractivity contribution in [2.75, 3.05) is 0 Å². The topological polar surface area (TPSA) is 42.0 Å². The van der Waals surface area contributed by atoms with Crippen LogP contribution in [-0.4, -0.2) is 10.9 Å². The van der Waals surface area contributed by atoms with Crippen LogP contribution in [0, 0.1) is 0 Å². The first-order chi connectivity index (χ1) is 10.3. The second kappa shape index (κ2) is 6.33. The summed E-state index contributed by atoms with van der Waals surface area (Å²) in [6.07, 6.45) is 0. The molecule has 3 nitrogen and oxygen atoms in total. The molecule has 0 atom stereocenters. The Bertz CT molecular complexity index is 657. The molecule has 1 amide bonds. The average molecular weight is 294 g/mol. The first-order valence-electron chi connectivity index (χ1n) is 6.63. The van der Waals surface area contributed by atoms with Crippen LogP contribution in [0.4, 0.5) is 0 Å². The van der Waals surface area contributed by atoms with Gasteiger partial charge in [-0.3, -0.25) is 4.79 Å². The van der Waals surface area contributed by atoms with Gasteiger partial charge in [-0.2, -0.15) is 0 Å². The zero-order chi connectivity index (χ0) is 14.5. The van der Waals surface area contributed by atoms with Crippen molar-refractivity contribution in [3.63, 3.8) is 0 Å². The van der Waals surface area contributed by atoms with Crippen LogP contribution in [0.1, 0.15) is 27.7 Å². The average Bonchev–Trinajstić information content (AvgIpc) is 3.09. The van der Waals surface area contributed by atoms with Crippen LogP contribution in [0.2, 0.25) is 0 Å². The maximum Gasteiger partial charge on any atom is 0.271 e. The highest BCUT2D eigenvalue weighted by atomic mass is 32.1. The molecule has 0 aliphatic carbocycles. The van der Waals surface area contributed by atoms with Crippen molar-refractivity contribution in [3.05, 3.63) is 88.4 Å². The number of amides is 1. The lowest BCUT2D eigenvalue weighted by atomic mass is 9.98. The molecule has 0 aliphatic rings. The van der Waals surface area contributed by atoms with E-state index in [-0.39, 0.29) is 11.9 Å². The summed E-state index contributed by atoms with van der Waals surface area (Å²) in [4.78, 5) is 16.4. The summed E-state index contributed by atoms with van der Waals surface area (Å²) in [6.45, 7) is 0. The van der Waals surface area contributed by atoms with Gasteiger partial charge in [0, 0.05) is 5.38 Å². The van der Waals surface area contributed by atoms with E-state index in [0.29, 0.717) is 5.69 Å². The molecule has 0 saturated heterocycles. The molecule has 0 saturated carbocycles. The Kier molecular flexibility index (Phi) is 4.07. The molecule has 0 aliphatic heterocycles. The monoisotopic (exact) mass is 294 g/mol. The van der Waals surface area contributed by atoms with Crippen molar-refractivity contribution in [3.8, 4) is 0 Å². The summed E-state index contributed by atoms with van der Waals surface area (Å²) in [5, 5.41) is 4.81. The number of thiazole rings is 1. The normalized spacial score (nSPS) is 10.5. The summed E-state index contributed by atoms with van der Waals surface area (Å²) in [5.41, 5.74) is 4.21. The number of aromatic nitrogens is 1. The molecule has 0 fully saturated rings. The van der Waals surface area contributed by atoms with Crippen LogP contribution in [0.25, 0.3) is 0 Å². The Morgan fingerprint density at radius 3 is 2.00 bits per heavy atom. The van der Waals surface area contributed by atoms with E-state index in [1.807, 2.05) is 60.7 Å². The standard InChI is InChI=1S/C17H14N2OS/c20-17(15-11-21-12-18-15)19-16(13-7-3-1-4-8-13)14-9-5-2-6-10-14/h1-12,16H,(H,19,20). The number of carbonyl (C=O) groups excluding carboxylic acids is 1. The third-order valence-corrected chi connectivity index (χ3v) is 3.79. The van der Waals surface area contributed by atoms with Crippen molar-refractivity contribution < 1.29 is 4.79 Å². The van der Waals surface area contributed by atoms with Gasteiger partial charge in [0.25, 0.3) is 5.91 Å². The number of hydrogen-bond acceptors (Lipinski definition) is 3. The molecule has 1 N–H and O–H groups in total. The highest BCUT2D eigenvalue weighted by Crippen LogP contribution is 2.22. The van der Waals surface area contributed by atoms with Crippen molar-refractivity contribution in [1.82, 2.24) is 10.3 Å². The van der Waals surface area contributed by atoms with Crippen LogP contribution >= 0.6 is 11.3 Å². The number of carbonyl (C=O) groups is 1. The van der Waals surface area contributed by atoms with Gasteiger partial charge in [0.2, 0.25) is 0 Å². The lowest BCUT2D eigenvalue weighted by molar-refractivity contribution is 0.0938. The number of rotatable bonds is 4. The number of nitrogens with one attached hydrogen (secondary N) is 1. The van der Waals surface area contributed by atoms with E-state index in [0.717, 1.165) is 11.1 Å². The molecular formula is C17H14N2OS. The van der Waals surface area contributed by atoms with Gasteiger partial charge in [0.1, 0.15) is 5.69 Å². The van der Waals surface area contributed by atoms with Crippen molar-refractivity contribution >= 4 is 17.2 Å². The maximum absolute atomic E-state index is 12.3. The molecule has 3 rings (SSSR count). The van der Waals surface area contributed by atoms with Gasteiger partial charge in [0.15, 0.2) is 0 Å². The SMILES string of the molecule is O=C(NC(c1ccccc1)c1ccccc1)c1cscn1. The molecule has 2 aromatic carbocycles. The van der Waals surface area contributed by atoms with E-state index in [2.05, 4.69) is 10.3 Å². The Morgan fingerprint density at radius 2 is 1.52 bits per heavy atom. The van der Waals surface area contributed by atoms with Crippen LogP contribution in [0.5, 0.6) is 0 Å². The summed E-state index contributed by atoms with van der Waals surface area (Å²) in [7, 11) is 0. The van der Waals surface area contributed by atoms with Crippen LogP contribution in [0.3, 0.4) is 0 Å². The lowest BCUT2D eigenvalue weighted by Gasteiger charge is -2.19. The van der Waals surface area contributed by atoms with E-state index in [1.165, 1.54) is 11.3 Å². The van der Waals surface area contributed by atoms with E-state index in [4.69, 9.17) is 0 Å². The third-order valence-electron chi connectivity index (χ3n) is 3.21. The van der Waals surface area contributed by atoms with Gasteiger partial charge in [-0.25, -0.2) is 4.98 Å². The van der Waals surface area contributed by atoms with E-state index in [1.54, 1.807) is 10.9 Å². The van der Waals surface area contributed by atoms with Gasteiger partial charge in [0.05, 0.1) is 11.6 Å². The van der Waals surface area contributed by atoms with E-state index < -0.39 is 0 Å². The van der Waals surface area contributed by atoms with Gasteiger partial charge >= 0.3 is 0 Å². The maximum atomic E-state index is 12.3. The Morgan fingerprint density at radius 1 is 0.952 bits per heavy atom. The molecule has 1 aromatic heterocycles. The van der Waals surface area contributed by atoms with Crippen LogP contribution in [-0.2, 0) is 0 Å². The predicted octanol–water partition coefficient (Wildman–Crippen LogP) is 3.66. The van der Waals surface area contributed by atoms with Gasteiger partial charge in [-0.05, 0) is 11.1 Å². The fourth-order valence-corrected chi connectivity index (χ4v) is 2.71. The van der Waals surface area contributed by atoms with Crippen LogP contribution in [0.15, 0.2) is 71.6 Å². The fourth-order valence-electron chi connectivity index (χ4n) is 2.18. The summed E-state index contributed by atoms with van der Waals surface area (Å²) >= 11 is 1.41. The van der Waals surface area contributed by atoms with Gasteiger partial charge < -0.3 is 5.32 Å². The minimum absolute atomic E-state index is 0.158. The zero-order valence-corrected chi connectivity index (χ0v) is 12.1. The molecule has 3 aromatic rings. The van der Waals surface area contributed by atoms with E-state index >= 15 is 0 Å². The second-order valence-corrected chi connectivity index (χ2v) is 5.32. The number of hydrogen-bond donors (Lipinski definition) is 1. The molecule has 0 unspecified atom stereocenters. The van der Waals surface area contributed by atoms with Gasteiger partial charge in [-0.15, -0.1) is 11.3 Å². The number of nitrogens with zero attached hydrogens (tertiary/aromatic N) is 1. The number of benzene rings is 2. The summed E-state index contributed by atoms with van der Waals surface area (Å²) in [6, 6.07) is 19.7. The van der Waals surface area contributed by atoms with Crippen molar-refractivity contribution in [2.24, 2.45) is 0 Å². The van der Waals surface area contributed by atoms with E-state index in [9.17, 15) is 4.79 Å². The molecule has 104 valence electrons. The zero-order valence-electron chi connectivity index (χ0n) is 11.3. The largest absolute Gasteiger partial charge is 0.340 e. The Balaban J connectivity index is 1.92. The lowest BCUT2D eigenvalue weighted by Crippen LogP contribution is -2.29. The second-order valence-electron chi connectivity index (χ2n) is 4.60. The minimum atomic E-state index is -0.179. The predicted molar refractivity (Wildman–Crippen MR) is 84.3 cm³/mol. The van der Waals surface area contributed by atoms with Crippen LogP contribution < -0.4 is 5.32 Å². The minimum Gasteiger partial charge on any atom is -0.340 e. The highest BCUT2D eigenvalue weighted by molar-refractivity contribution is 7.07. The highest BCUT2D eigenvalue weighted by Gasteiger charge is 2.18. The fraction of sp³-hybridized carbons (Fsp3) is 0.0588. The van der Waals surface area contributed by atoms with Crippen molar-refractivity contribution in [2.45, 2.75) is 6.04 Å². The van der Waals surface area contributed by atoms with Gasteiger partial charge in [-0.1, -0.05) is 60.7 Å². The molecular weight excluding hydrogens is 280 g/mol. The summed E-state index contributed by atoms with van der Waals surface area (Å²) < 4.78 is 0.